The summed E-state index contributed by atoms with van der Waals surface area (Å²) in [7, 11) is 0. The number of amides is 1. The molecule has 1 N–H and O–H groups in total. The number of hydrogen-bond donors (Lipinski definition) is 1. The van der Waals surface area contributed by atoms with Gasteiger partial charge in [-0.3, -0.25) is 4.79 Å². The SMILES string of the molecule is CCc1nnsc1C(=O)N[C@@H](C)c1ccc(F)cc1. The molecule has 0 saturated heterocycles. The van der Waals surface area contributed by atoms with Crippen molar-refractivity contribution >= 4 is 17.4 Å². The Morgan fingerprint density at radius 1 is 1.42 bits per heavy atom. The van der Waals surface area contributed by atoms with E-state index in [2.05, 4.69) is 14.9 Å². The van der Waals surface area contributed by atoms with Gasteiger partial charge in [0.15, 0.2) is 0 Å². The third-order valence-corrected chi connectivity index (χ3v) is 3.58. The Bertz CT molecular complexity index is 568. The van der Waals surface area contributed by atoms with Crippen LogP contribution in [0.4, 0.5) is 4.39 Å². The number of aromatic nitrogens is 2. The van der Waals surface area contributed by atoms with Gasteiger partial charge in [-0.1, -0.05) is 23.5 Å². The molecule has 1 amide bonds. The molecule has 19 heavy (non-hydrogen) atoms. The molecule has 0 bridgehead atoms. The highest BCUT2D eigenvalue weighted by Crippen LogP contribution is 2.16. The summed E-state index contributed by atoms with van der Waals surface area (Å²) < 4.78 is 16.6. The van der Waals surface area contributed by atoms with E-state index < -0.39 is 0 Å². The predicted octanol–water partition coefficient (Wildman–Crippen LogP) is 2.73. The second-order valence-electron chi connectivity index (χ2n) is 4.15. The second-order valence-corrected chi connectivity index (χ2v) is 4.90. The van der Waals surface area contributed by atoms with Crippen molar-refractivity contribution in [2.24, 2.45) is 0 Å². The predicted molar refractivity (Wildman–Crippen MR) is 71.6 cm³/mol. The molecule has 0 fully saturated rings. The minimum atomic E-state index is -0.290. The summed E-state index contributed by atoms with van der Waals surface area (Å²) in [5.74, 6) is -0.481. The Balaban J connectivity index is 2.08. The molecule has 0 aliphatic rings. The van der Waals surface area contributed by atoms with Crippen LogP contribution in [0, 0.1) is 5.82 Å². The van der Waals surface area contributed by atoms with E-state index in [1.807, 2.05) is 13.8 Å². The largest absolute Gasteiger partial charge is 0.345 e. The molecule has 0 aliphatic heterocycles. The van der Waals surface area contributed by atoms with Gasteiger partial charge in [0.25, 0.3) is 5.91 Å². The highest BCUT2D eigenvalue weighted by atomic mass is 32.1. The van der Waals surface area contributed by atoms with Crippen molar-refractivity contribution in [1.29, 1.82) is 0 Å². The minimum absolute atomic E-state index is 0.191. The molecule has 1 aromatic heterocycles. The van der Waals surface area contributed by atoms with Gasteiger partial charge in [0.2, 0.25) is 0 Å². The Kier molecular flexibility index (Phi) is 4.21. The van der Waals surface area contributed by atoms with Gasteiger partial charge in [0.05, 0.1) is 11.7 Å². The van der Waals surface area contributed by atoms with Gasteiger partial charge in [0.1, 0.15) is 10.7 Å². The van der Waals surface area contributed by atoms with Crippen molar-refractivity contribution in [1.82, 2.24) is 14.9 Å². The molecule has 4 nitrogen and oxygen atoms in total. The topological polar surface area (TPSA) is 54.9 Å². The van der Waals surface area contributed by atoms with Crippen LogP contribution < -0.4 is 5.32 Å². The van der Waals surface area contributed by atoms with Crippen LogP contribution in [0.2, 0.25) is 0 Å². The summed E-state index contributed by atoms with van der Waals surface area (Å²) in [6.07, 6.45) is 0.671. The maximum atomic E-state index is 12.8. The molecule has 100 valence electrons. The fourth-order valence-electron chi connectivity index (χ4n) is 1.71. The lowest BCUT2D eigenvalue weighted by molar-refractivity contribution is 0.0943. The number of halogens is 1. The van der Waals surface area contributed by atoms with Crippen LogP contribution in [0.1, 0.15) is 40.8 Å². The van der Waals surface area contributed by atoms with Crippen molar-refractivity contribution in [3.63, 3.8) is 0 Å². The molecule has 0 aliphatic carbocycles. The maximum Gasteiger partial charge on any atom is 0.265 e. The Labute approximate surface area is 114 Å². The van der Waals surface area contributed by atoms with Crippen LogP contribution in [0.5, 0.6) is 0 Å². The summed E-state index contributed by atoms with van der Waals surface area (Å²) >= 11 is 1.09. The van der Waals surface area contributed by atoms with Crippen LogP contribution >= 0.6 is 11.5 Å². The fraction of sp³-hybridized carbons (Fsp3) is 0.308. The van der Waals surface area contributed by atoms with Gasteiger partial charge in [-0.05, 0) is 42.6 Å². The van der Waals surface area contributed by atoms with Crippen LogP contribution in [-0.2, 0) is 6.42 Å². The minimum Gasteiger partial charge on any atom is -0.345 e. The Morgan fingerprint density at radius 3 is 2.74 bits per heavy atom. The summed E-state index contributed by atoms with van der Waals surface area (Å²) in [6, 6.07) is 5.88. The van der Waals surface area contributed by atoms with Gasteiger partial charge in [-0.25, -0.2) is 4.39 Å². The van der Waals surface area contributed by atoms with Crippen molar-refractivity contribution in [3.05, 3.63) is 46.2 Å². The van der Waals surface area contributed by atoms with Crippen LogP contribution in [0.25, 0.3) is 0 Å². The summed E-state index contributed by atoms with van der Waals surface area (Å²) in [5, 5.41) is 6.77. The molecule has 0 unspecified atom stereocenters. The molecule has 0 spiro atoms. The van der Waals surface area contributed by atoms with Crippen LogP contribution in [-0.4, -0.2) is 15.5 Å². The van der Waals surface area contributed by atoms with E-state index >= 15 is 0 Å². The van der Waals surface area contributed by atoms with E-state index in [1.54, 1.807) is 12.1 Å². The zero-order valence-electron chi connectivity index (χ0n) is 10.7. The summed E-state index contributed by atoms with van der Waals surface area (Å²) in [4.78, 5) is 12.6. The number of nitrogens with one attached hydrogen (secondary N) is 1. The van der Waals surface area contributed by atoms with E-state index in [1.165, 1.54) is 12.1 Å². The van der Waals surface area contributed by atoms with E-state index in [4.69, 9.17) is 0 Å². The van der Waals surface area contributed by atoms with Gasteiger partial charge in [-0.2, -0.15) is 0 Å². The van der Waals surface area contributed by atoms with Crippen molar-refractivity contribution in [2.75, 3.05) is 0 Å². The van der Waals surface area contributed by atoms with Crippen molar-refractivity contribution in [2.45, 2.75) is 26.3 Å². The molecule has 0 saturated carbocycles. The number of benzene rings is 1. The molecule has 6 heteroatoms. The molecule has 0 radical (unpaired) electrons. The normalized spacial score (nSPS) is 12.2. The number of aryl methyl sites for hydroxylation is 1. The third-order valence-electron chi connectivity index (χ3n) is 2.81. The first kappa shape index (κ1) is 13.6. The molecule has 2 rings (SSSR count). The third kappa shape index (κ3) is 3.14. The molecular weight excluding hydrogens is 265 g/mol. The number of carbonyl (C=O) groups excluding carboxylic acids is 1. The lowest BCUT2D eigenvalue weighted by atomic mass is 10.1. The zero-order chi connectivity index (χ0) is 13.8. The smallest absolute Gasteiger partial charge is 0.265 e. The van der Waals surface area contributed by atoms with Crippen LogP contribution in [0.15, 0.2) is 24.3 Å². The summed E-state index contributed by atoms with van der Waals surface area (Å²) in [5.41, 5.74) is 1.55. The highest BCUT2D eigenvalue weighted by molar-refractivity contribution is 7.08. The van der Waals surface area contributed by atoms with Gasteiger partial charge < -0.3 is 5.32 Å². The average molecular weight is 279 g/mol. The molecular formula is C13H14FN3OS. The number of carbonyl (C=O) groups is 1. The highest BCUT2D eigenvalue weighted by Gasteiger charge is 2.17. The average Bonchev–Trinajstić information content (AvgIpc) is 2.87. The Hall–Kier alpha value is -1.82. The second kappa shape index (κ2) is 5.88. The van der Waals surface area contributed by atoms with E-state index in [9.17, 15) is 9.18 Å². The first-order chi connectivity index (χ1) is 9.11. The first-order valence-electron chi connectivity index (χ1n) is 5.99. The van der Waals surface area contributed by atoms with Gasteiger partial charge in [0, 0.05) is 0 Å². The van der Waals surface area contributed by atoms with Gasteiger partial charge >= 0.3 is 0 Å². The van der Waals surface area contributed by atoms with Gasteiger partial charge in [-0.15, -0.1) is 5.10 Å². The molecule has 2 aromatic rings. The first-order valence-corrected chi connectivity index (χ1v) is 6.76. The van der Waals surface area contributed by atoms with E-state index in [-0.39, 0.29) is 17.8 Å². The number of nitrogens with zero attached hydrogens (tertiary/aromatic N) is 2. The van der Waals surface area contributed by atoms with E-state index in [0.29, 0.717) is 17.0 Å². The Morgan fingerprint density at radius 2 is 2.11 bits per heavy atom. The lowest BCUT2D eigenvalue weighted by Crippen LogP contribution is -2.26. The molecule has 1 heterocycles. The lowest BCUT2D eigenvalue weighted by Gasteiger charge is -2.13. The zero-order valence-corrected chi connectivity index (χ0v) is 11.5. The van der Waals surface area contributed by atoms with Crippen molar-refractivity contribution in [3.8, 4) is 0 Å². The number of hydrogen-bond acceptors (Lipinski definition) is 4. The van der Waals surface area contributed by atoms with E-state index in [0.717, 1.165) is 17.1 Å². The molecule has 1 atom stereocenters. The quantitative estimate of drug-likeness (QED) is 0.936. The maximum absolute atomic E-state index is 12.8. The monoisotopic (exact) mass is 279 g/mol. The number of rotatable bonds is 4. The molecule has 1 aromatic carbocycles. The van der Waals surface area contributed by atoms with Crippen molar-refractivity contribution < 1.29 is 9.18 Å². The summed E-state index contributed by atoms with van der Waals surface area (Å²) in [6.45, 7) is 3.78. The fourth-order valence-corrected chi connectivity index (χ4v) is 2.36. The standard InChI is InChI=1S/C13H14FN3OS/c1-3-11-12(19-17-16-11)13(18)15-8(2)9-4-6-10(14)7-5-9/h4-8H,3H2,1-2H3,(H,15,18)/t8-/m0/s1. The van der Waals surface area contributed by atoms with Crippen LogP contribution in [0.3, 0.4) is 0 Å².